The predicted molar refractivity (Wildman–Crippen MR) is 87.1 cm³/mol. The fourth-order valence-corrected chi connectivity index (χ4v) is 1.90. The van der Waals surface area contributed by atoms with Gasteiger partial charge in [0.25, 0.3) is 0 Å². The van der Waals surface area contributed by atoms with E-state index in [0.717, 1.165) is 0 Å². The Kier molecular flexibility index (Phi) is 12.8. The summed E-state index contributed by atoms with van der Waals surface area (Å²) in [4.78, 5) is 34.7. The molecule has 0 fully saturated rings. The van der Waals surface area contributed by atoms with Crippen LogP contribution >= 0.6 is 0 Å². The van der Waals surface area contributed by atoms with E-state index in [0.29, 0.717) is 19.3 Å². The van der Waals surface area contributed by atoms with Crippen LogP contribution in [0.3, 0.4) is 0 Å². The summed E-state index contributed by atoms with van der Waals surface area (Å²) in [6.45, 7) is 4.94. The second-order valence-corrected chi connectivity index (χ2v) is 5.59. The Labute approximate surface area is 143 Å². The maximum absolute atomic E-state index is 11.7. The summed E-state index contributed by atoms with van der Waals surface area (Å²) in [5.74, 6) is -1.85. The number of carbonyl (C=O) groups excluding carboxylic acids is 3. The van der Waals surface area contributed by atoms with Crippen molar-refractivity contribution in [1.29, 1.82) is 0 Å². The van der Waals surface area contributed by atoms with E-state index in [1.165, 1.54) is 0 Å². The summed E-state index contributed by atoms with van der Waals surface area (Å²) >= 11 is 0. The van der Waals surface area contributed by atoms with E-state index in [4.69, 9.17) is 14.2 Å². The van der Waals surface area contributed by atoms with Gasteiger partial charge in [0.1, 0.15) is 12.7 Å². The van der Waals surface area contributed by atoms with Gasteiger partial charge in [0.2, 0.25) is 0 Å². The van der Waals surface area contributed by atoms with Gasteiger partial charge in [-0.25, -0.2) is 0 Å². The van der Waals surface area contributed by atoms with Gasteiger partial charge in [-0.15, -0.1) is 0 Å². The lowest BCUT2D eigenvalue weighted by atomic mass is 10.1. The molecule has 0 amide bonds. The third kappa shape index (κ3) is 10.2. The van der Waals surface area contributed by atoms with Crippen LogP contribution in [0.1, 0.15) is 59.3 Å². The van der Waals surface area contributed by atoms with Crippen molar-refractivity contribution >= 4 is 17.9 Å². The number of carbonyl (C=O) groups is 3. The maximum Gasteiger partial charge on any atom is 0.306 e. The van der Waals surface area contributed by atoms with Crippen LogP contribution < -0.4 is 0 Å². The minimum Gasteiger partial charge on any atom is -0.465 e. The third-order valence-corrected chi connectivity index (χ3v) is 3.27. The van der Waals surface area contributed by atoms with Gasteiger partial charge in [-0.2, -0.15) is 0 Å². The van der Waals surface area contributed by atoms with Crippen molar-refractivity contribution < 1.29 is 33.7 Å². The summed E-state index contributed by atoms with van der Waals surface area (Å²) in [6, 6.07) is 0. The number of aliphatic hydroxyl groups excluding tert-OH is 1. The SMILES string of the molecule is CCCC(=O)OCC(CO)C(COC(=O)CCC)OC(=O)CCC. The molecule has 0 radical (unpaired) electrons. The molecule has 0 aliphatic rings. The van der Waals surface area contributed by atoms with Gasteiger partial charge >= 0.3 is 17.9 Å². The Morgan fingerprint density at radius 3 is 1.71 bits per heavy atom. The Morgan fingerprint density at radius 1 is 0.792 bits per heavy atom. The zero-order valence-corrected chi connectivity index (χ0v) is 14.9. The van der Waals surface area contributed by atoms with Crippen molar-refractivity contribution in [3.8, 4) is 0 Å². The highest BCUT2D eigenvalue weighted by Crippen LogP contribution is 2.13. The highest BCUT2D eigenvalue weighted by molar-refractivity contribution is 5.70. The van der Waals surface area contributed by atoms with Crippen LogP contribution in [0, 0.1) is 5.92 Å². The summed E-state index contributed by atoms with van der Waals surface area (Å²) in [5.41, 5.74) is 0. The first-order valence-corrected chi connectivity index (χ1v) is 8.59. The van der Waals surface area contributed by atoms with Crippen LogP contribution in [0.4, 0.5) is 0 Å². The van der Waals surface area contributed by atoms with Crippen LogP contribution in [0.2, 0.25) is 0 Å². The summed E-state index contributed by atoms with van der Waals surface area (Å²) in [7, 11) is 0. The van der Waals surface area contributed by atoms with Crippen LogP contribution in [0.5, 0.6) is 0 Å². The molecule has 2 unspecified atom stereocenters. The number of ether oxygens (including phenoxy) is 3. The molecule has 7 heteroatoms. The lowest BCUT2D eigenvalue weighted by molar-refractivity contribution is -0.167. The number of hydrogen-bond donors (Lipinski definition) is 1. The fraction of sp³-hybridized carbons (Fsp3) is 0.824. The zero-order chi connectivity index (χ0) is 18.4. The van der Waals surface area contributed by atoms with Gasteiger partial charge < -0.3 is 19.3 Å². The Balaban J connectivity index is 4.72. The Bertz CT molecular complexity index is 381. The molecule has 0 aromatic carbocycles. The van der Waals surface area contributed by atoms with Gasteiger partial charge in [-0.3, -0.25) is 14.4 Å². The van der Waals surface area contributed by atoms with E-state index >= 15 is 0 Å². The first-order chi connectivity index (χ1) is 11.5. The quantitative estimate of drug-likeness (QED) is 0.402. The summed E-state index contributed by atoms with van der Waals surface area (Å²) in [5, 5.41) is 9.53. The van der Waals surface area contributed by atoms with Crippen LogP contribution in [-0.4, -0.2) is 48.9 Å². The molecule has 0 aliphatic heterocycles. The largest absolute Gasteiger partial charge is 0.465 e. The standard InChI is InChI=1S/C17H30O7/c1-4-7-15(19)22-11-13(10-18)14(24-17(21)9-6-3)12-23-16(20)8-5-2/h13-14,18H,4-12H2,1-3H3. The van der Waals surface area contributed by atoms with Crippen molar-refractivity contribution in [3.05, 3.63) is 0 Å². The highest BCUT2D eigenvalue weighted by Gasteiger charge is 2.27. The second kappa shape index (κ2) is 13.8. The Morgan fingerprint density at radius 2 is 1.25 bits per heavy atom. The van der Waals surface area contributed by atoms with E-state index in [2.05, 4.69) is 0 Å². The maximum atomic E-state index is 11.7. The van der Waals surface area contributed by atoms with E-state index < -0.39 is 24.0 Å². The second-order valence-electron chi connectivity index (χ2n) is 5.59. The molecule has 0 aromatic rings. The lowest BCUT2D eigenvalue weighted by Crippen LogP contribution is -2.37. The first kappa shape index (κ1) is 22.4. The molecule has 0 aliphatic carbocycles. The monoisotopic (exact) mass is 346 g/mol. The molecule has 0 aromatic heterocycles. The van der Waals surface area contributed by atoms with Gasteiger partial charge in [0.15, 0.2) is 0 Å². The van der Waals surface area contributed by atoms with Gasteiger partial charge in [-0.1, -0.05) is 20.8 Å². The van der Waals surface area contributed by atoms with Crippen molar-refractivity contribution in [2.45, 2.75) is 65.4 Å². The molecule has 0 rings (SSSR count). The topological polar surface area (TPSA) is 99.1 Å². The molecule has 7 nitrogen and oxygen atoms in total. The van der Waals surface area contributed by atoms with E-state index in [9.17, 15) is 19.5 Å². The molecule has 0 spiro atoms. The van der Waals surface area contributed by atoms with Crippen LogP contribution in [0.15, 0.2) is 0 Å². The van der Waals surface area contributed by atoms with Crippen molar-refractivity contribution in [3.63, 3.8) is 0 Å². The van der Waals surface area contributed by atoms with Crippen molar-refractivity contribution in [1.82, 2.24) is 0 Å². The summed E-state index contributed by atoms with van der Waals surface area (Å²) in [6.07, 6.45) is 1.87. The molecular formula is C17H30O7. The third-order valence-electron chi connectivity index (χ3n) is 3.27. The van der Waals surface area contributed by atoms with Crippen LogP contribution in [-0.2, 0) is 28.6 Å². The average Bonchev–Trinajstić information content (AvgIpc) is 2.53. The number of rotatable bonds is 13. The smallest absolute Gasteiger partial charge is 0.306 e. The highest BCUT2D eigenvalue weighted by atomic mass is 16.6. The zero-order valence-electron chi connectivity index (χ0n) is 14.9. The molecule has 0 saturated carbocycles. The summed E-state index contributed by atoms with van der Waals surface area (Å²) < 4.78 is 15.5. The average molecular weight is 346 g/mol. The van der Waals surface area contributed by atoms with E-state index in [-0.39, 0.29) is 45.1 Å². The van der Waals surface area contributed by atoms with Gasteiger partial charge in [0, 0.05) is 19.3 Å². The number of esters is 3. The van der Waals surface area contributed by atoms with Crippen molar-refractivity contribution in [2.75, 3.05) is 19.8 Å². The fourth-order valence-electron chi connectivity index (χ4n) is 1.90. The normalized spacial score (nSPS) is 13.0. The molecule has 0 bridgehead atoms. The number of hydrogen-bond acceptors (Lipinski definition) is 7. The molecule has 0 saturated heterocycles. The van der Waals surface area contributed by atoms with Crippen LogP contribution in [0.25, 0.3) is 0 Å². The van der Waals surface area contributed by atoms with Gasteiger partial charge in [-0.05, 0) is 19.3 Å². The van der Waals surface area contributed by atoms with Crippen molar-refractivity contribution in [2.24, 2.45) is 5.92 Å². The minimum absolute atomic E-state index is 0.0925. The first-order valence-electron chi connectivity index (χ1n) is 8.59. The molecule has 1 N–H and O–H groups in total. The van der Waals surface area contributed by atoms with E-state index in [1.54, 1.807) is 0 Å². The molecule has 0 heterocycles. The van der Waals surface area contributed by atoms with E-state index in [1.807, 2.05) is 20.8 Å². The predicted octanol–water partition coefficient (Wildman–Crippen LogP) is 1.99. The minimum atomic E-state index is -0.843. The number of aliphatic hydroxyl groups is 1. The molecule has 2 atom stereocenters. The molecule has 24 heavy (non-hydrogen) atoms. The van der Waals surface area contributed by atoms with Gasteiger partial charge in [0.05, 0.1) is 19.1 Å². The molecule has 140 valence electrons. The lowest BCUT2D eigenvalue weighted by Gasteiger charge is -2.25. The molecular weight excluding hydrogens is 316 g/mol. The Hall–Kier alpha value is -1.63.